The first-order chi connectivity index (χ1) is 12.4. The molecule has 2 aromatic heterocycles. The highest BCUT2D eigenvalue weighted by Gasteiger charge is 2.22. The minimum absolute atomic E-state index is 1.17. The number of hydrogen-bond donors (Lipinski definition) is 1. The SMILES string of the molecule is C(=C1Nc2ccccc2S1)c1sc(-c2ccccc2)c2cccc[n+]12. The van der Waals surface area contributed by atoms with E-state index in [0.29, 0.717) is 0 Å². The number of para-hydroxylation sites is 1. The Hall–Kier alpha value is -2.56. The summed E-state index contributed by atoms with van der Waals surface area (Å²) < 4.78 is 2.27. The molecule has 0 unspecified atom stereocenters. The molecule has 0 saturated carbocycles. The van der Waals surface area contributed by atoms with Crippen molar-refractivity contribution in [3.8, 4) is 10.4 Å². The fourth-order valence-corrected chi connectivity index (χ4v) is 5.22. The molecule has 0 fully saturated rings. The van der Waals surface area contributed by atoms with E-state index in [9.17, 15) is 0 Å². The van der Waals surface area contributed by atoms with Crippen molar-refractivity contribution in [2.75, 3.05) is 5.32 Å². The minimum Gasteiger partial charge on any atom is -0.349 e. The average molecular weight is 359 g/mol. The predicted molar refractivity (Wildman–Crippen MR) is 107 cm³/mol. The van der Waals surface area contributed by atoms with Crippen LogP contribution in [0.5, 0.6) is 0 Å². The first kappa shape index (κ1) is 14.8. The van der Waals surface area contributed by atoms with E-state index in [0.717, 1.165) is 0 Å². The molecule has 2 aromatic carbocycles. The van der Waals surface area contributed by atoms with Crippen molar-refractivity contribution in [2.24, 2.45) is 0 Å². The lowest BCUT2D eigenvalue weighted by atomic mass is 10.2. The lowest BCUT2D eigenvalue weighted by Gasteiger charge is -1.95. The Morgan fingerprint density at radius 3 is 2.52 bits per heavy atom. The average Bonchev–Trinajstić information content (AvgIpc) is 3.24. The van der Waals surface area contributed by atoms with E-state index in [1.165, 1.54) is 36.6 Å². The smallest absolute Gasteiger partial charge is 0.270 e. The van der Waals surface area contributed by atoms with Gasteiger partial charge in [0.1, 0.15) is 4.88 Å². The van der Waals surface area contributed by atoms with Crippen LogP contribution in [0.15, 0.2) is 88.9 Å². The molecule has 1 N–H and O–H groups in total. The van der Waals surface area contributed by atoms with Crippen LogP contribution in [0.1, 0.15) is 5.01 Å². The number of rotatable bonds is 2. The number of anilines is 1. The molecule has 0 spiro atoms. The van der Waals surface area contributed by atoms with Crippen molar-refractivity contribution in [1.29, 1.82) is 0 Å². The van der Waals surface area contributed by atoms with Gasteiger partial charge in [0, 0.05) is 17.0 Å². The number of thioether (sulfide) groups is 1. The Morgan fingerprint density at radius 2 is 1.64 bits per heavy atom. The summed E-state index contributed by atoms with van der Waals surface area (Å²) in [5.41, 5.74) is 3.69. The highest BCUT2D eigenvalue weighted by atomic mass is 32.2. The lowest BCUT2D eigenvalue weighted by Crippen LogP contribution is -2.20. The lowest BCUT2D eigenvalue weighted by molar-refractivity contribution is -0.508. The van der Waals surface area contributed by atoms with Gasteiger partial charge in [0.05, 0.1) is 16.8 Å². The summed E-state index contributed by atoms with van der Waals surface area (Å²) in [7, 11) is 0. The van der Waals surface area contributed by atoms with Crippen molar-refractivity contribution in [1.82, 2.24) is 0 Å². The topological polar surface area (TPSA) is 16.1 Å². The summed E-state index contributed by atoms with van der Waals surface area (Å²) >= 11 is 3.61. The highest BCUT2D eigenvalue weighted by Crippen LogP contribution is 2.42. The molecule has 5 rings (SSSR count). The van der Waals surface area contributed by atoms with Crippen molar-refractivity contribution in [3.05, 3.63) is 89.0 Å². The molecule has 4 heteroatoms. The van der Waals surface area contributed by atoms with Gasteiger partial charge in [-0.3, -0.25) is 0 Å². The maximum atomic E-state index is 3.51. The molecule has 0 saturated heterocycles. The zero-order chi connectivity index (χ0) is 16.6. The molecule has 0 bridgehead atoms. The van der Waals surface area contributed by atoms with E-state index in [4.69, 9.17) is 0 Å². The Bertz CT molecular complexity index is 1070. The fourth-order valence-electron chi connectivity index (χ4n) is 3.04. The maximum absolute atomic E-state index is 3.51. The number of benzene rings is 2. The van der Waals surface area contributed by atoms with Gasteiger partial charge < -0.3 is 5.32 Å². The van der Waals surface area contributed by atoms with Gasteiger partial charge in [0.2, 0.25) is 5.52 Å². The van der Waals surface area contributed by atoms with E-state index in [2.05, 4.69) is 94.8 Å². The monoisotopic (exact) mass is 359 g/mol. The van der Waals surface area contributed by atoms with Crippen LogP contribution in [0.3, 0.4) is 0 Å². The Kier molecular flexibility index (Phi) is 3.58. The van der Waals surface area contributed by atoms with E-state index >= 15 is 0 Å². The van der Waals surface area contributed by atoms with Crippen LogP contribution in [0.25, 0.3) is 22.0 Å². The van der Waals surface area contributed by atoms with Gasteiger partial charge in [-0.15, -0.1) is 0 Å². The van der Waals surface area contributed by atoms with Gasteiger partial charge in [-0.2, -0.15) is 4.40 Å². The molecule has 4 aromatic rings. The van der Waals surface area contributed by atoms with Crippen molar-refractivity contribution < 1.29 is 4.40 Å². The standard InChI is InChI=1S/C21H14N2S2/c1-2-8-15(9-3-1)21-17-11-6-7-13-23(17)20(25-21)14-19-22-16-10-4-5-12-18(16)24-19/h1-14H/p+1. The van der Waals surface area contributed by atoms with E-state index in [1.54, 1.807) is 11.8 Å². The van der Waals surface area contributed by atoms with Crippen molar-refractivity contribution >= 4 is 40.4 Å². The van der Waals surface area contributed by atoms with Crippen LogP contribution in [-0.2, 0) is 0 Å². The molecular weight excluding hydrogens is 344 g/mol. The Morgan fingerprint density at radius 1 is 0.840 bits per heavy atom. The number of hydrogen-bond acceptors (Lipinski definition) is 3. The molecule has 0 radical (unpaired) electrons. The molecule has 0 atom stereocenters. The Labute approximate surface area is 154 Å². The second kappa shape index (κ2) is 6.06. The van der Waals surface area contributed by atoms with Crippen LogP contribution in [0.4, 0.5) is 5.69 Å². The van der Waals surface area contributed by atoms with Gasteiger partial charge >= 0.3 is 0 Å². The summed E-state index contributed by atoms with van der Waals surface area (Å²) in [6, 6.07) is 25.4. The number of thiazole rings is 1. The molecule has 2 nitrogen and oxygen atoms in total. The molecular formula is C21H15N2S2+. The molecule has 25 heavy (non-hydrogen) atoms. The summed E-state index contributed by atoms with van der Waals surface area (Å²) in [5, 5.41) is 5.90. The van der Waals surface area contributed by atoms with Crippen LogP contribution in [0.2, 0.25) is 0 Å². The van der Waals surface area contributed by atoms with E-state index in [-0.39, 0.29) is 0 Å². The summed E-state index contributed by atoms with van der Waals surface area (Å²) in [5.74, 6) is 0. The van der Waals surface area contributed by atoms with Crippen LogP contribution < -0.4 is 9.72 Å². The second-order valence-electron chi connectivity index (χ2n) is 5.82. The van der Waals surface area contributed by atoms with E-state index in [1.807, 2.05) is 11.3 Å². The maximum Gasteiger partial charge on any atom is 0.270 e. The van der Waals surface area contributed by atoms with Crippen LogP contribution in [-0.4, -0.2) is 0 Å². The first-order valence-corrected chi connectivity index (χ1v) is 9.76. The molecule has 0 amide bonds. The number of nitrogens with zero attached hydrogens (tertiary/aromatic N) is 1. The molecule has 1 aliphatic heterocycles. The minimum atomic E-state index is 1.17. The van der Waals surface area contributed by atoms with Gasteiger partial charge in [-0.25, -0.2) is 0 Å². The number of pyridine rings is 1. The molecule has 0 aliphatic carbocycles. The first-order valence-electron chi connectivity index (χ1n) is 8.13. The zero-order valence-corrected chi connectivity index (χ0v) is 15.0. The van der Waals surface area contributed by atoms with Crippen molar-refractivity contribution in [3.63, 3.8) is 0 Å². The number of nitrogens with one attached hydrogen (secondary N) is 1. The van der Waals surface area contributed by atoms with E-state index < -0.39 is 0 Å². The predicted octanol–water partition coefficient (Wildman–Crippen LogP) is 5.67. The van der Waals surface area contributed by atoms with Crippen LogP contribution in [0, 0.1) is 0 Å². The summed E-state index contributed by atoms with van der Waals surface area (Å²) in [6.07, 6.45) is 4.38. The van der Waals surface area contributed by atoms with Gasteiger partial charge in [-0.05, 0) is 23.8 Å². The number of aromatic nitrogens is 1. The molecule has 1 aliphatic rings. The normalized spacial score (nSPS) is 14.6. The quantitative estimate of drug-likeness (QED) is 0.464. The van der Waals surface area contributed by atoms with Crippen molar-refractivity contribution in [2.45, 2.75) is 4.90 Å². The highest BCUT2D eigenvalue weighted by molar-refractivity contribution is 8.03. The largest absolute Gasteiger partial charge is 0.349 e. The third-order valence-corrected chi connectivity index (χ3v) is 6.38. The van der Waals surface area contributed by atoms with Gasteiger partial charge in [0.25, 0.3) is 5.01 Å². The fraction of sp³-hybridized carbons (Fsp3) is 0. The zero-order valence-electron chi connectivity index (χ0n) is 13.3. The number of fused-ring (bicyclic) bond motifs is 2. The third-order valence-electron chi connectivity index (χ3n) is 4.19. The van der Waals surface area contributed by atoms with Crippen LogP contribution >= 0.6 is 23.1 Å². The molecule has 3 heterocycles. The molecule has 120 valence electrons. The second-order valence-corrected chi connectivity index (χ2v) is 7.94. The Balaban J connectivity index is 1.62. The van der Waals surface area contributed by atoms with Gasteiger partial charge in [0.15, 0.2) is 6.20 Å². The summed E-state index contributed by atoms with van der Waals surface area (Å²) in [6.45, 7) is 0. The van der Waals surface area contributed by atoms with Gasteiger partial charge in [-0.1, -0.05) is 65.6 Å². The third kappa shape index (κ3) is 2.64. The summed E-state index contributed by atoms with van der Waals surface area (Å²) in [4.78, 5) is 2.58.